The largest absolute Gasteiger partial charge is 0.481 e. The Morgan fingerprint density at radius 2 is 2.33 bits per heavy atom. The predicted octanol–water partition coefficient (Wildman–Crippen LogP) is 1.63. The number of nitrogens with zero attached hydrogens (tertiary/aromatic N) is 2. The molecule has 2 N–H and O–H groups in total. The minimum absolute atomic E-state index is 0.117. The van der Waals surface area contributed by atoms with Crippen LogP contribution in [0, 0.1) is 6.92 Å². The van der Waals surface area contributed by atoms with Crippen molar-refractivity contribution in [2.24, 2.45) is 0 Å². The Kier molecular flexibility index (Phi) is 5.31. The van der Waals surface area contributed by atoms with Crippen molar-refractivity contribution in [3.05, 3.63) is 42.0 Å². The van der Waals surface area contributed by atoms with E-state index in [1.165, 1.54) is 6.33 Å². The molecule has 0 aliphatic heterocycles. The summed E-state index contributed by atoms with van der Waals surface area (Å²) < 4.78 is 5.62. The first kappa shape index (κ1) is 15.0. The van der Waals surface area contributed by atoms with Crippen LogP contribution in [-0.4, -0.2) is 33.7 Å². The highest BCUT2D eigenvalue weighted by Gasteiger charge is 2.13. The second kappa shape index (κ2) is 7.42. The molecule has 112 valence electrons. The molecule has 6 heteroatoms. The van der Waals surface area contributed by atoms with Gasteiger partial charge in [-0.2, -0.15) is 5.10 Å². The Hall–Kier alpha value is -2.37. The number of aryl methyl sites for hydroxylation is 2. The summed E-state index contributed by atoms with van der Waals surface area (Å²) in [6, 6.07) is 7.65. The molecule has 6 nitrogen and oxygen atoms in total. The Bertz CT molecular complexity index is 569. The Morgan fingerprint density at radius 3 is 3.05 bits per heavy atom. The van der Waals surface area contributed by atoms with E-state index in [0.29, 0.717) is 12.3 Å². The maximum absolute atomic E-state index is 11.9. The number of aromatic nitrogens is 3. The molecule has 0 aliphatic carbocycles. The fraction of sp³-hybridized carbons (Fsp3) is 0.400. The third-order valence-electron chi connectivity index (χ3n) is 3.03. The smallest absolute Gasteiger partial charge is 0.260 e. The lowest BCUT2D eigenvalue weighted by Crippen LogP contribution is -2.37. The van der Waals surface area contributed by atoms with E-state index in [0.717, 1.165) is 24.2 Å². The van der Waals surface area contributed by atoms with Gasteiger partial charge in [-0.05, 0) is 38.0 Å². The number of hydrogen-bond donors (Lipinski definition) is 2. The quantitative estimate of drug-likeness (QED) is 0.759. The number of aromatic amines is 1. The third kappa shape index (κ3) is 4.91. The lowest BCUT2D eigenvalue weighted by atomic mass is 10.2. The number of rotatable bonds is 7. The third-order valence-corrected chi connectivity index (χ3v) is 3.03. The number of hydrogen-bond acceptors (Lipinski definition) is 4. The van der Waals surface area contributed by atoms with Crippen LogP contribution in [0.15, 0.2) is 30.6 Å². The van der Waals surface area contributed by atoms with E-state index in [9.17, 15) is 4.79 Å². The minimum atomic E-state index is -0.517. The van der Waals surface area contributed by atoms with Crippen molar-refractivity contribution in [3.63, 3.8) is 0 Å². The van der Waals surface area contributed by atoms with E-state index in [2.05, 4.69) is 20.5 Å². The molecule has 1 amide bonds. The maximum atomic E-state index is 11.9. The summed E-state index contributed by atoms with van der Waals surface area (Å²) in [4.78, 5) is 15.9. The van der Waals surface area contributed by atoms with Crippen molar-refractivity contribution in [1.29, 1.82) is 0 Å². The van der Waals surface area contributed by atoms with Gasteiger partial charge in [0.05, 0.1) is 0 Å². The number of benzene rings is 1. The molecule has 0 saturated carbocycles. The van der Waals surface area contributed by atoms with Crippen LogP contribution < -0.4 is 10.1 Å². The SMILES string of the molecule is Cc1cccc(OC(C)C(=O)NCCCc2ncn[nH]2)c1. The van der Waals surface area contributed by atoms with Crippen LogP contribution in [0.5, 0.6) is 5.75 Å². The van der Waals surface area contributed by atoms with Gasteiger partial charge in [0.25, 0.3) is 5.91 Å². The summed E-state index contributed by atoms with van der Waals surface area (Å²) in [6.07, 6.45) is 2.52. The molecule has 0 bridgehead atoms. The van der Waals surface area contributed by atoms with E-state index < -0.39 is 6.10 Å². The van der Waals surface area contributed by atoms with Gasteiger partial charge in [-0.3, -0.25) is 9.89 Å². The first-order valence-corrected chi connectivity index (χ1v) is 7.00. The molecule has 1 atom stereocenters. The van der Waals surface area contributed by atoms with Gasteiger partial charge in [0.2, 0.25) is 0 Å². The topological polar surface area (TPSA) is 79.9 Å². The number of carbonyl (C=O) groups excluding carboxylic acids is 1. The number of H-pyrrole nitrogens is 1. The van der Waals surface area contributed by atoms with Crippen LogP contribution in [0.2, 0.25) is 0 Å². The Morgan fingerprint density at radius 1 is 1.48 bits per heavy atom. The lowest BCUT2D eigenvalue weighted by Gasteiger charge is -2.14. The van der Waals surface area contributed by atoms with Crippen LogP contribution in [0.3, 0.4) is 0 Å². The van der Waals surface area contributed by atoms with Gasteiger partial charge in [-0.1, -0.05) is 12.1 Å². The zero-order valence-electron chi connectivity index (χ0n) is 12.3. The molecular formula is C15H20N4O2. The number of nitrogens with one attached hydrogen (secondary N) is 2. The molecule has 0 aliphatic rings. The fourth-order valence-corrected chi connectivity index (χ4v) is 1.91. The van der Waals surface area contributed by atoms with Crippen LogP contribution in [0.25, 0.3) is 0 Å². The molecule has 0 spiro atoms. The Labute approximate surface area is 123 Å². The van der Waals surface area contributed by atoms with Gasteiger partial charge in [0.15, 0.2) is 6.10 Å². The van der Waals surface area contributed by atoms with Crippen molar-refractivity contribution in [2.75, 3.05) is 6.54 Å². The molecule has 1 aromatic carbocycles. The normalized spacial score (nSPS) is 11.9. The zero-order chi connectivity index (χ0) is 15.1. The van der Waals surface area contributed by atoms with E-state index >= 15 is 0 Å². The highest BCUT2D eigenvalue weighted by atomic mass is 16.5. The molecule has 21 heavy (non-hydrogen) atoms. The van der Waals surface area contributed by atoms with E-state index in [4.69, 9.17) is 4.74 Å². The maximum Gasteiger partial charge on any atom is 0.260 e. The average molecular weight is 288 g/mol. The molecule has 0 saturated heterocycles. The van der Waals surface area contributed by atoms with E-state index in [1.54, 1.807) is 6.92 Å². The van der Waals surface area contributed by atoms with Gasteiger partial charge >= 0.3 is 0 Å². The first-order valence-electron chi connectivity index (χ1n) is 7.00. The first-order chi connectivity index (χ1) is 10.1. The van der Waals surface area contributed by atoms with Gasteiger partial charge in [-0.15, -0.1) is 0 Å². The van der Waals surface area contributed by atoms with Crippen molar-refractivity contribution in [1.82, 2.24) is 20.5 Å². The summed E-state index contributed by atoms with van der Waals surface area (Å²) in [6.45, 7) is 4.32. The van der Waals surface area contributed by atoms with Gasteiger partial charge in [0, 0.05) is 13.0 Å². The number of amides is 1. The van der Waals surface area contributed by atoms with Crippen LogP contribution in [0.4, 0.5) is 0 Å². The molecule has 0 radical (unpaired) electrons. The number of carbonyl (C=O) groups is 1. The molecular weight excluding hydrogens is 268 g/mol. The van der Waals surface area contributed by atoms with Crippen molar-refractivity contribution >= 4 is 5.91 Å². The summed E-state index contributed by atoms with van der Waals surface area (Å²) in [5.74, 6) is 1.42. The minimum Gasteiger partial charge on any atom is -0.481 e. The highest BCUT2D eigenvalue weighted by Crippen LogP contribution is 2.14. The summed E-state index contributed by atoms with van der Waals surface area (Å²) in [5, 5.41) is 9.42. The fourth-order valence-electron chi connectivity index (χ4n) is 1.91. The van der Waals surface area contributed by atoms with Crippen molar-refractivity contribution in [3.8, 4) is 5.75 Å². The molecule has 0 fully saturated rings. The Balaban J connectivity index is 1.70. The summed E-state index contributed by atoms with van der Waals surface area (Å²) in [5.41, 5.74) is 1.10. The van der Waals surface area contributed by atoms with E-state index in [-0.39, 0.29) is 5.91 Å². The second-order valence-electron chi connectivity index (χ2n) is 4.90. The monoisotopic (exact) mass is 288 g/mol. The predicted molar refractivity (Wildman–Crippen MR) is 79.0 cm³/mol. The van der Waals surface area contributed by atoms with Crippen LogP contribution >= 0.6 is 0 Å². The van der Waals surface area contributed by atoms with Crippen molar-refractivity contribution < 1.29 is 9.53 Å². The average Bonchev–Trinajstić information content (AvgIpc) is 2.96. The van der Waals surface area contributed by atoms with Gasteiger partial charge < -0.3 is 10.1 Å². The summed E-state index contributed by atoms with van der Waals surface area (Å²) in [7, 11) is 0. The number of ether oxygens (including phenoxy) is 1. The molecule has 1 unspecified atom stereocenters. The van der Waals surface area contributed by atoms with Gasteiger partial charge in [-0.25, -0.2) is 4.98 Å². The standard InChI is InChI=1S/C15H20N4O2/c1-11-5-3-6-13(9-11)21-12(2)15(20)16-8-4-7-14-17-10-18-19-14/h3,5-6,9-10,12H,4,7-8H2,1-2H3,(H,16,20)(H,17,18,19). The molecule has 2 rings (SSSR count). The highest BCUT2D eigenvalue weighted by molar-refractivity contribution is 5.80. The lowest BCUT2D eigenvalue weighted by molar-refractivity contribution is -0.127. The van der Waals surface area contributed by atoms with E-state index in [1.807, 2.05) is 31.2 Å². The molecule has 1 heterocycles. The van der Waals surface area contributed by atoms with Gasteiger partial charge in [0.1, 0.15) is 17.9 Å². The second-order valence-corrected chi connectivity index (χ2v) is 4.90. The molecule has 2 aromatic rings. The van der Waals surface area contributed by atoms with Crippen LogP contribution in [-0.2, 0) is 11.2 Å². The summed E-state index contributed by atoms with van der Waals surface area (Å²) >= 11 is 0. The zero-order valence-corrected chi connectivity index (χ0v) is 12.3. The van der Waals surface area contributed by atoms with Crippen molar-refractivity contribution in [2.45, 2.75) is 32.8 Å². The molecule has 1 aromatic heterocycles. The van der Waals surface area contributed by atoms with Crippen LogP contribution in [0.1, 0.15) is 24.7 Å².